The fourth-order valence-corrected chi connectivity index (χ4v) is 5.47. The van der Waals surface area contributed by atoms with Crippen LogP contribution in [0.1, 0.15) is 42.9 Å². The van der Waals surface area contributed by atoms with E-state index in [1.54, 1.807) is 12.1 Å². The van der Waals surface area contributed by atoms with Gasteiger partial charge in [-0.25, -0.2) is 4.79 Å². The minimum absolute atomic E-state index is 0.0268. The third kappa shape index (κ3) is 4.21. The molecule has 1 fully saturated rings. The van der Waals surface area contributed by atoms with Gasteiger partial charge in [0.1, 0.15) is 6.04 Å². The summed E-state index contributed by atoms with van der Waals surface area (Å²) in [4.78, 5) is 25.6. The molecule has 0 amide bonds. The van der Waals surface area contributed by atoms with Crippen molar-refractivity contribution in [1.82, 2.24) is 0 Å². The maximum absolute atomic E-state index is 12.9. The molecule has 2 aliphatic heterocycles. The van der Waals surface area contributed by atoms with Crippen LogP contribution in [0.15, 0.2) is 24.3 Å². The van der Waals surface area contributed by atoms with E-state index in [1.807, 2.05) is 26.0 Å². The molecule has 2 aromatic carbocycles. The molecule has 9 heteroatoms. The average molecular weight is 498 g/mol. The van der Waals surface area contributed by atoms with Crippen LogP contribution < -0.4 is 29.4 Å². The number of nitrogens with two attached hydrogens (primary N) is 1. The molecule has 2 aromatic rings. The number of rotatable bonds is 7. The Labute approximate surface area is 209 Å². The van der Waals surface area contributed by atoms with E-state index in [0.29, 0.717) is 42.4 Å². The minimum Gasteiger partial charge on any atom is -0.493 e. The Morgan fingerprint density at radius 3 is 2.36 bits per heavy atom. The average Bonchev–Trinajstić information content (AvgIpc) is 3.46. The summed E-state index contributed by atoms with van der Waals surface area (Å²) in [5.74, 6) is 0.872. The molecule has 1 aliphatic carbocycles. The summed E-state index contributed by atoms with van der Waals surface area (Å²) in [6, 6.07) is 6.73. The van der Waals surface area contributed by atoms with Gasteiger partial charge in [0, 0.05) is 11.8 Å². The number of cyclic esters (lactones) is 1. The highest BCUT2D eigenvalue weighted by Crippen LogP contribution is 2.52. The van der Waals surface area contributed by atoms with Crippen LogP contribution >= 0.6 is 0 Å². The summed E-state index contributed by atoms with van der Waals surface area (Å²) >= 11 is 0. The van der Waals surface area contributed by atoms with E-state index in [2.05, 4.69) is 0 Å². The lowest BCUT2D eigenvalue weighted by Crippen LogP contribution is -2.35. The van der Waals surface area contributed by atoms with Crippen molar-refractivity contribution in [2.24, 2.45) is 23.5 Å². The fraction of sp³-hybridized carbons (Fsp3) is 0.481. The summed E-state index contributed by atoms with van der Waals surface area (Å²) < 4.78 is 33.6. The van der Waals surface area contributed by atoms with Crippen LogP contribution in [0.3, 0.4) is 0 Å². The predicted octanol–water partition coefficient (Wildman–Crippen LogP) is 3.19. The predicted molar refractivity (Wildman–Crippen MR) is 129 cm³/mol. The van der Waals surface area contributed by atoms with Crippen LogP contribution in [0.2, 0.25) is 0 Å². The van der Waals surface area contributed by atoms with Crippen LogP contribution in [0, 0.1) is 17.8 Å². The van der Waals surface area contributed by atoms with Crippen molar-refractivity contribution in [3.8, 4) is 28.7 Å². The van der Waals surface area contributed by atoms with Gasteiger partial charge in [-0.3, -0.25) is 4.79 Å². The van der Waals surface area contributed by atoms with Gasteiger partial charge in [-0.15, -0.1) is 0 Å². The molecule has 1 unspecified atom stereocenters. The van der Waals surface area contributed by atoms with E-state index in [4.69, 9.17) is 34.2 Å². The second kappa shape index (κ2) is 9.54. The van der Waals surface area contributed by atoms with Gasteiger partial charge in [0.15, 0.2) is 23.0 Å². The summed E-state index contributed by atoms with van der Waals surface area (Å²) in [7, 11) is 2.98. The molecule has 0 aromatic heterocycles. The third-order valence-corrected chi connectivity index (χ3v) is 7.10. The molecule has 9 nitrogen and oxygen atoms in total. The molecule has 2 heterocycles. The maximum Gasteiger partial charge on any atom is 0.328 e. The lowest BCUT2D eigenvalue weighted by Gasteiger charge is -2.34. The van der Waals surface area contributed by atoms with Crippen molar-refractivity contribution in [3.05, 3.63) is 41.0 Å². The minimum atomic E-state index is -0.775. The first-order valence-electron chi connectivity index (χ1n) is 12.1. The first kappa shape index (κ1) is 24.2. The topological polar surface area (TPSA) is 116 Å². The summed E-state index contributed by atoms with van der Waals surface area (Å²) in [6.45, 7) is 4.50. The van der Waals surface area contributed by atoms with Crippen molar-refractivity contribution < 1.29 is 38.0 Å². The number of hydrogen-bond acceptors (Lipinski definition) is 9. The van der Waals surface area contributed by atoms with Crippen molar-refractivity contribution in [1.29, 1.82) is 0 Å². The molecular formula is C27H31NO8. The van der Waals surface area contributed by atoms with Crippen molar-refractivity contribution >= 4 is 11.9 Å². The van der Waals surface area contributed by atoms with Crippen LogP contribution in [-0.2, 0) is 20.7 Å². The molecule has 4 atom stereocenters. The fourth-order valence-electron chi connectivity index (χ4n) is 5.47. The quantitative estimate of drug-likeness (QED) is 0.455. The smallest absolute Gasteiger partial charge is 0.328 e. The lowest BCUT2D eigenvalue weighted by molar-refractivity contribution is -0.141. The Morgan fingerprint density at radius 2 is 1.72 bits per heavy atom. The van der Waals surface area contributed by atoms with Gasteiger partial charge in [-0.05, 0) is 59.7 Å². The maximum atomic E-state index is 12.9. The Morgan fingerprint density at radius 1 is 1.06 bits per heavy atom. The first-order valence-corrected chi connectivity index (χ1v) is 12.1. The lowest BCUT2D eigenvalue weighted by atomic mass is 9.67. The third-order valence-electron chi connectivity index (χ3n) is 7.10. The van der Waals surface area contributed by atoms with Crippen molar-refractivity contribution in [2.45, 2.75) is 38.6 Å². The molecule has 0 saturated carbocycles. The van der Waals surface area contributed by atoms with Crippen LogP contribution in [-0.4, -0.2) is 45.6 Å². The Kier molecular flexibility index (Phi) is 6.42. The van der Waals surface area contributed by atoms with Crippen molar-refractivity contribution in [2.75, 3.05) is 27.6 Å². The SMILES string of the molecule is COc1cc([C@@H]2c3cc4c(cc3C[C@H]3COC(=O)[C@@H]32)OCO4)cc(OC)c1OC(=O)C(N)CC(C)C. The zero-order valence-electron chi connectivity index (χ0n) is 20.9. The molecule has 0 spiro atoms. The largest absolute Gasteiger partial charge is 0.493 e. The van der Waals surface area contributed by atoms with Crippen molar-refractivity contribution in [3.63, 3.8) is 0 Å². The molecule has 2 N–H and O–H groups in total. The van der Waals surface area contributed by atoms with Gasteiger partial charge in [0.05, 0.1) is 26.7 Å². The number of fused-ring (bicyclic) bond motifs is 3. The first-order chi connectivity index (χ1) is 17.3. The Hall–Kier alpha value is -3.46. The van der Waals surface area contributed by atoms with Gasteiger partial charge in [-0.2, -0.15) is 0 Å². The van der Waals surface area contributed by atoms with E-state index < -0.39 is 12.0 Å². The zero-order chi connectivity index (χ0) is 25.6. The highest BCUT2D eigenvalue weighted by Gasteiger charge is 2.48. The monoisotopic (exact) mass is 497 g/mol. The van der Waals surface area contributed by atoms with E-state index in [0.717, 1.165) is 16.7 Å². The number of hydrogen-bond donors (Lipinski definition) is 1. The van der Waals surface area contributed by atoms with Gasteiger partial charge >= 0.3 is 11.9 Å². The molecule has 0 radical (unpaired) electrons. The number of carbonyl (C=O) groups excluding carboxylic acids is 2. The van der Waals surface area contributed by atoms with E-state index in [1.165, 1.54) is 14.2 Å². The second-order valence-corrected chi connectivity index (χ2v) is 9.91. The van der Waals surface area contributed by atoms with Gasteiger partial charge in [0.2, 0.25) is 12.5 Å². The highest BCUT2D eigenvalue weighted by atomic mass is 16.7. The number of esters is 2. The number of carbonyl (C=O) groups is 2. The van der Waals surface area contributed by atoms with E-state index in [-0.39, 0.29) is 42.2 Å². The van der Waals surface area contributed by atoms with Gasteiger partial charge in [-0.1, -0.05) is 13.8 Å². The van der Waals surface area contributed by atoms with Crippen LogP contribution in [0.4, 0.5) is 0 Å². The van der Waals surface area contributed by atoms with E-state index in [9.17, 15) is 9.59 Å². The molecule has 1 saturated heterocycles. The highest BCUT2D eigenvalue weighted by molar-refractivity contribution is 5.81. The number of ether oxygens (including phenoxy) is 6. The van der Waals surface area contributed by atoms with E-state index >= 15 is 0 Å². The molecular weight excluding hydrogens is 466 g/mol. The Balaban J connectivity index is 1.58. The zero-order valence-corrected chi connectivity index (χ0v) is 20.9. The second-order valence-electron chi connectivity index (χ2n) is 9.91. The molecule has 192 valence electrons. The molecule has 36 heavy (non-hydrogen) atoms. The summed E-state index contributed by atoms with van der Waals surface area (Å²) in [5.41, 5.74) is 8.86. The normalized spacial score (nSPS) is 22.5. The van der Waals surface area contributed by atoms with Gasteiger partial charge in [0.25, 0.3) is 0 Å². The number of methoxy groups -OCH3 is 2. The summed E-state index contributed by atoms with van der Waals surface area (Å²) in [5, 5.41) is 0. The molecule has 5 rings (SSSR count). The molecule has 0 bridgehead atoms. The van der Waals surface area contributed by atoms with Gasteiger partial charge < -0.3 is 34.2 Å². The molecule has 3 aliphatic rings. The number of benzene rings is 2. The van der Waals surface area contributed by atoms with Crippen LogP contribution in [0.25, 0.3) is 0 Å². The Bertz CT molecular complexity index is 1170. The summed E-state index contributed by atoms with van der Waals surface area (Å²) in [6.07, 6.45) is 1.19. The standard InChI is InChI=1S/C27H31NO8/c1-13(2)5-18(28)26(29)36-25-21(31-3)8-15(9-22(25)32-4)23-17-10-20-19(34-12-35-20)7-14(17)6-16-11-33-27(30)24(16)23/h7-10,13,16,18,23-24H,5-6,11-12,28H2,1-4H3/t16-,18?,23+,24-/m0/s1. The van der Waals surface area contributed by atoms with Crippen LogP contribution in [0.5, 0.6) is 28.7 Å².